The van der Waals surface area contributed by atoms with E-state index in [1.807, 2.05) is 11.0 Å². The molecular weight excluding hydrogens is 530 g/mol. The van der Waals surface area contributed by atoms with Crippen molar-refractivity contribution in [3.63, 3.8) is 0 Å². The van der Waals surface area contributed by atoms with Crippen LogP contribution in [0.15, 0.2) is 29.1 Å². The van der Waals surface area contributed by atoms with Crippen molar-refractivity contribution in [2.75, 3.05) is 42.1 Å². The Kier molecular flexibility index (Phi) is 10.5. The Balaban J connectivity index is 1.71. The smallest absolute Gasteiger partial charge is 0.351 e. The molecule has 3 rings (SSSR count). The van der Waals surface area contributed by atoms with Crippen LogP contribution in [0.2, 0.25) is 0 Å². The third-order valence-corrected chi connectivity index (χ3v) is 8.56. The van der Waals surface area contributed by atoms with Gasteiger partial charge in [0, 0.05) is 36.7 Å². The third-order valence-electron chi connectivity index (χ3n) is 6.16. The fourth-order valence-corrected chi connectivity index (χ4v) is 6.34. The molecule has 0 radical (unpaired) electrons. The Labute approximate surface area is 225 Å². The van der Waals surface area contributed by atoms with Crippen LogP contribution in [0, 0.1) is 11.3 Å². The Morgan fingerprint density at radius 2 is 1.97 bits per heavy atom. The lowest BCUT2D eigenvalue weighted by Crippen LogP contribution is -2.44. The summed E-state index contributed by atoms with van der Waals surface area (Å²) in [6.45, 7) is 4.93. The molecule has 0 amide bonds. The molecule has 13 heteroatoms. The average Bonchev–Trinajstić information content (AvgIpc) is 3.22. The maximum atomic E-state index is 12.8. The van der Waals surface area contributed by atoms with Gasteiger partial charge in [-0.1, -0.05) is 6.42 Å². The minimum absolute atomic E-state index is 0.0102. The average molecular weight is 564 g/mol. The summed E-state index contributed by atoms with van der Waals surface area (Å²) < 4.78 is 34.6. The molecule has 0 saturated carbocycles. The molecule has 0 bridgehead atoms. The molecule has 1 aliphatic rings. The highest BCUT2D eigenvalue weighted by Gasteiger charge is 2.23. The molecule has 206 valence electrons. The number of anilines is 2. The highest BCUT2D eigenvalue weighted by atomic mass is 32.2. The number of likely N-dealkylation sites (tertiary alicyclic amines) is 1. The number of nitriles is 1. The minimum atomic E-state index is -3.58. The number of aromatic nitrogens is 1. The molecule has 0 spiro atoms. The largest absolute Gasteiger partial charge is 0.462 e. The van der Waals surface area contributed by atoms with Crippen molar-refractivity contribution in [3.8, 4) is 6.07 Å². The van der Waals surface area contributed by atoms with Crippen molar-refractivity contribution in [1.29, 1.82) is 5.26 Å². The zero-order chi connectivity index (χ0) is 27.7. The summed E-state index contributed by atoms with van der Waals surface area (Å²) in [7, 11) is -3.58. The van der Waals surface area contributed by atoms with E-state index >= 15 is 0 Å². The summed E-state index contributed by atoms with van der Waals surface area (Å²) in [5.74, 6) is -0.852. The number of sulfonamides is 1. The first kappa shape index (κ1) is 29.4. The summed E-state index contributed by atoms with van der Waals surface area (Å²) in [6.07, 6.45) is 4.40. The molecular formula is C25H33N5O6S2. The van der Waals surface area contributed by atoms with Crippen molar-refractivity contribution in [1.82, 2.24) is 9.47 Å². The molecule has 0 aliphatic carbocycles. The quantitative estimate of drug-likeness (QED) is 0.334. The van der Waals surface area contributed by atoms with E-state index in [4.69, 9.17) is 4.74 Å². The van der Waals surface area contributed by atoms with E-state index < -0.39 is 16.0 Å². The molecule has 3 N–H and O–H groups in total. The molecule has 38 heavy (non-hydrogen) atoms. The number of rotatable bonds is 11. The molecule has 2 aromatic rings. The molecule has 1 saturated heterocycles. The number of nitrogens with one attached hydrogen (secondary N) is 2. The lowest BCUT2D eigenvalue weighted by molar-refractivity contribution is -0.136. The second kappa shape index (κ2) is 13.6. The SMILES string of the molecule is CCOC(=O)/C(C#N)=c1/s/c(=C/Nc2ccc(NS(=O)(=O)CCN3CCCCC3CO)cc2)c(=O)n1CC. The Morgan fingerprint density at radius 3 is 2.61 bits per heavy atom. The second-order valence-corrected chi connectivity index (χ2v) is 11.6. The third kappa shape index (κ3) is 7.44. The van der Waals surface area contributed by atoms with Crippen LogP contribution < -0.4 is 24.8 Å². The van der Waals surface area contributed by atoms with Crippen molar-refractivity contribution >= 4 is 50.5 Å². The maximum Gasteiger partial charge on any atom is 0.351 e. The van der Waals surface area contributed by atoms with Crippen LogP contribution in [-0.2, 0) is 26.1 Å². The Morgan fingerprint density at radius 1 is 1.26 bits per heavy atom. The van der Waals surface area contributed by atoms with Gasteiger partial charge in [0.25, 0.3) is 5.56 Å². The van der Waals surface area contributed by atoms with E-state index in [1.165, 1.54) is 10.8 Å². The van der Waals surface area contributed by atoms with Crippen LogP contribution in [0.25, 0.3) is 11.8 Å². The number of aliphatic hydroxyl groups excluding tert-OH is 1. The highest BCUT2D eigenvalue weighted by Crippen LogP contribution is 2.18. The van der Waals surface area contributed by atoms with Crippen molar-refractivity contribution in [2.45, 2.75) is 45.7 Å². The number of carbonyl (C=O) groups excluding carboxylic acids is 1. The van der Waals surface area contributed by atoms with Gasteiger partial charge in [-0.3, -0.25) is 19.0 Å². The number of esters is 1. The highest BCUT2D eigenvalue weighted by molar-refractivity contribution is 7.92. The standard InChI is InChI=1S/C25H33N5O6S2/c1-3-30-23(32)22(37-24(30)21(15-26)25(33)36-4-2)16-27-18-8-10-19(11-9-18)28-38(34,35)14-13-29-12-6-5-7-20(29)17-31/h8-11,16,20,27-28,31H,3-7,12-14,17H2,1-2H3/b22-16+,24-21+. The molecule has 1 fully saturated rings. The lowest BCUT2D eigenvalue weighted by Gasteiger charge is -2.34. The van der Waals surface area contributed by atoms with Crippen LogP contribution >= 0.6 is 11.3 Å². The monoisotopic (exact) mass is 563 g/mol. The van der Waals surface area contributed by atoms with Gasteiger partial charge in [-0.25, -0.2) is 13.2 Å². The van der Waals surface area contributed by atoms with Crippen LogP contribution in [0.3, 0.4) is 0 Å². The van der Waals surface area contributed by atoms with Gasteiger partial charge in [0.1, 0.15) is 15.3 Å². The summed E-state index contributed by atoms with van der Waals surface area (Å²) in [6, 6.07) is 8.40. The number of piperidine rings is 1. The van der Waals surface area contributed by atoms with Gasteiger partial charge >= 0.3 is 5.97 Å². The van der Waals surface area contributed by atoms with Gasteiger partial charge < -0.3 is 15.2 Å². The fourth-order valence-electron chi connectivity index (χ4n) is 4.19. The fraction of sp³-hybridized carbons (Fsp3) is 0.480. The molecule has 1 unspecified atom stereocenters. The van der Waals surface area contributed by atoms with E-state index in [0.717, 1.165) is 37.1 Å². The summed E-state index contributed by atoms with van der Waals surface area (Å²) in [4.78, 5) is 27.0. The topological polar surface area (TPSA) is 154 Å². The number of hydrogen-bond donors (Lipinski definition) is 3. The van der Waals surface area contributed by atoms with E-state index in [-0.39, 0.29) is 47.3 Å². The van der Waals surface area contributed by atoms with Crippen molar-refractivity contribution in [3.05, 3.63) is 43.8 Å². The zero-order valence-corrected chi connectivity index (χ0v) is 23.1. The predicted molar refractivity (Wildman–Crippen MR) is 147 cm³/mol. The van der Waals surface area contributed by atoms with Gasteiger partial charge in [0.15, 0.2) is 5.57 Å². The number of ether oxygens (including phenoxy) is 1. The molecule has 11 nitrogen and oxygen atoms in total. The first-order chi connectivity index (χ1) is 18.2. The number of aliphatic hydroxyl groups is 1. The molecule has 1 aliphatic heterocycles. The predicted octanol–water partition coefficient (Wildman–Crippen LogP) is 0.606. The normalized spacial score (nSPS) is 17.5. The molecule has 1 aromatic heterocycles. The maximum absolute atomic E-state index is 12.8. The zero-order valence-electron chi connectivity index (χ0n) is 21.5. The molecule has 1 atom stereocenters. The van der Waals surface area contributed by atoms with E-state index in [2.05, 4.69) is 10.0 Å². The molecule has 1 aromatic carbocycles. The summed E-state index contributed by atoms with van der Waals surface area (Å²) in [5.41, 5.74) is 0.444. The lowest BCUT2D eigenvalue weighted by atomic mass is 10.0. The Bertz CT molecular complexity index is 1440. The van der Waals surface area contributed by atoms with Gasteiger partial charge in [0.05, 0.1) is 19.0 Å². The van der Waals surface area contributed by atoms with Crippen LogP contribution in [0.1, 0.15) is 33.1 Å². The first-order valence-electron chi connectivity index (χ1n) is 12.5. The van der Waals surface area contributed by atoms with Gasteiger partial charge in [-0.2, -0.15) is 5.26 Å². The first-order valence-corrected chi connectivity index (χ1v) is 14.9. The van der Waals surface area contributed by atoms with Crippen LogP contribution in [0.4, 0.5) is 11.4 Å². The number of carbonyl (C=O) groups is 1. The molecule has 2 heterocycles. The number of benzene rings is 1. The van der Waals surface area contributed by atoms with Gasteiger partial charge in [-0.05, 0) is 57.5 Å². The van der Waals surface area contributed by atoms with E-state index in [0.29, 0.717) is 22.5 Å². The number of hydrogen-bond acceptors (Lipinski definition) is 10. The van der Waals surface area contributed by atoms with E-state index in [1.54, 1.807) is 38.1 Å². The number of nitrogens with zero attached hydrogens (tertiary/aromatic N) is 3. The minimum Gasteiger partial charge on any atom is -0.462 e. The van der Waals surface area contributed by atoms with Gasteiger partial charge in [0.2, 0.25) is 10.0 Å². The van der Waals surface area contributed by atoms with Crippen LogP contribution in [-0.4, -0.2) is 67.1 Å². The van der Waals surface area contributed by atoms with E-state index in [9.17, 15) is 28.4 Å². The van der Waals surface area contributed by atoms with Crippen molar-refractivity contribution < 1.29 is 23.1 Å². The van der Waals surface area contributed by atoms with Crippen LogP contribution in [0.5, 0.6) is 0 Å². The Hall–Kier alpha value is -3.18. The summed E-state index contributed by atoms with van der Waals surface area (Å²) >= 11 is 1.01. The van der Waals surface area contributed by atoms with Gasteiger partial charge in [-0.15, -0.1) is 11.3 Å². The second-order valence-electron chi connectivity index (χ2n) is 8.68. The number of thiazole rings is 1. The van der Waals surface area contributed by atoms with Crippen molar-refractivity contribution in [2.24, 2.45) is 0 Å². The summed E-state index contributed by atoms with van der Waals surface area (Å²) in [5, 5.41) is 22.0.